The van der Waals surface area contributed by atoms with Gasteiger partial charge in [-0.1, -0.05) is 6.92 Å². The van der Waals surface area contributed by atoms with Crippen LogP contribution in [0.4, 0.5) is 8.78 Å². The first-order valence-corrected chi connectivity index (χ1v) is 12.4. The molecule has 3 unspecified atom stereocenters. The van der Waals surface area contributed by atoms with Gasteiger partial charge in [-0.3, -0.25) is 10.00 Å². The summed E-state index contributed by atoms with van der Waals surface area (Å²) >= 11 is 0. The van der Waals surface area contributed by atoms with Crippen molar-refractivity contribution in [1.29, 1.82) is 0 Å². The molecule has 2 aliphatic heterocycles. The number of aromatic amines is 2. The Morgan fingerprint density at radius 1 is 1.17 bits per heavy atom. The van der Waals surface area contributed by atoms with E-state index in [1.807, 2.05) is 6.08 Å². The van der Waals surface area contributed by atoms with Crippen LogP contribution in [0.5, 0.6) is 0 Å². The highest BCUT2D eigenvalue weighted by molar-refractivity contribution is 5.72. The Balaban J connectivity index is 1.21. The molecule has 9 heteroatoms. The zero-order chi connectivity index (χ0) is 24.1. The molecule has 1 saturated heterocycles. The Bertz CT molecular complexity index is 1230. The molecule has 0 radical (unpaired) electrons. The number of aromatic nitrogens is 4. The summed E-state index contributed by atoms with van der Waals surface area (Å²) in [4.78, 5) is 10.8. The Labute approximate surface area is 203 Å². The molecule has 3 aromatic rings. The van der Waals surface area contributed by atoms with Crippen LogP contribution in [-0.4, -0.2) is 44.2 Å². The van der Waals surface area contributed by atoms with Gasteiger partial charge >= 0.3 is 0 Å². The van der Waals surface area contributed by atoms with Crippen LogP contribution in [0.15, 0.2) is 24.0 Å². The van der Waals surface area contributed by atoms with Crippen LogP contribution in [-0.2, 0) is 24.2 Å². The minimum absolute atomic E-state index is 0.107. The molecule has 35 heavy (non-hydrogen) atoms. The van der Waals surface area contributed by atoms with Gasteiger partial charge in [-0.2, -0.15) is 5.10 Å². The third kappa shape index (κ3) is 4.38. The Kier molecular flexibility index (Phi) is 5.69. The van der Waals surface area contributed by atoms with Crippen LogP contribution in [0.3, 0.4) is 0 Å². The van der Waals surface area contributed by atoms with Gasteiger partial charge < -0.3 is 15.0 Å². The average Bonchev–Trinajstić information content (AvgIpc) is 3.58. The molecular weight excluding hydrogens is 450 g/mol. The second-order valence-electron chi connectivity index (χ2n) is 10.1. The molecule has 6 rings (SSSR count). The van der Waals surface area contributed by atoms with Crippen LogP contribution < -0.4 is 5.32 Å². The highest BCUT2D eigenvalue weighted by Gasteiger charge is 2.30. The van der Waals surface area contributed by atoms with E-state index in [4.69, 9.17) is 9.72 Å². The van der Waals surface area contributed by atoms with Gasteiger partial charge in [0.1, 0.15) is 29.2 Å². The van der Waals surface area contributed by atoms with Crippen LogP contribution in [0, 0.1) is 17.6 Å². The Morgan fingerprint density at radius 2 is 2.00 bits per heavy atom. The highest BCUT2D eigenvalue weighted by Crippen LogP contribution is 2.36. The summed E-state index contributed by atoms with van der Waals surface area (Å²) < 4.78 is 33.6. The van der Waals surface area contributed by atoms with E-state index >= 15 is 0 Å². The van der Waals surface area contributed by atoms with Gasteiger partial charge in [-0.05, 0) is 56.5 Å². The molecule has 0 saturated carbocycles. The first-order valence-electron chi connectivity index (χ1n) is 12.4. The molecule has 0 spiro atoms. The predicted molar refractivity (Wildman–Crippen MR) is 128 cm³/mol. The van der Waals surface area contributed by atoms with Crippen LogP contribution >= 0.6 is 0 Å². The predicted octanol–water partition coefficient (Wildman–Crippen LogP) is 4.46. The minimum atomic E-state index is -0.607. The monoisotopic (exact) mass is 480 g/mol. The van der Waals surface area contributed by atoms with Crippen LogP contribution in [0.1, 0.15) is 61.0 Å². The number of allylic oxidation sites excluding steroid dienone is 1. The molecule has 7 nitrogen and oxygen atoms in total. The molecule has 3 N–H and O–H groups in total. The van der Waals surface area contributed by atoms with Gasteiger partial charge in [0.05, 0.1) is 11.4 Å². The number of ether oxygens (including phenoxy) is 1. The molecule has 1 aliphatic carbocycles. The van der Waals surface area contributed by atoms with Gasteiger partial charge in [0.2, 0.25) is 0 Å². The fraction of sp³-hybridized carbons (Fsp3) is 0.462. The topological polar surface area (TPSA) is 81.9 Å². The SMILES string of the molecule is CC1Cc2[nH]nc(-c3nc4c([nH]3)CN(CC3CCCN3)C4)c2C=C1OC(C)c1cc(F)cc(F)c1. The van der Waals surface area contributed by atoms with Crippen molar-refractivity contribution in [2.75, 3.05) is 13.1 Å². The first-order chi connectivity index (χ1) is 16.9. The number of halogens is 2. The fourth-order valence-electron chi connectivity index (χ4n) is 5.47. The summed E-state index contributed by atoms with van der Waals surface area (Å²) in [5.41, 5.74) is 5.47. The summed E-state index contributed by atoms with van der Waals surface area (Å²) in [5.74, 6) is 0.424. The van der Waals surface area contributed by atoms with E-state index < -0.39 is 17.7 Å². The fourth-order valence-corrected chi connectivity index (χ4v) is 5.47. The van der Waals surface area contributed by atoms with E-state index in [0.29, 0.717) is 11.6 Å². The number of hydrogen-bond donors (Lipinski definition) is 3. The largest absolute Gasteiger partial charge is 0.490 e. The van der Waals surface area contributed by atoms with Gasteiger partial charge in [0.15, 0.2) is 5.82 Å². The number of nitrogens with one attached hydrogen (secondary N) is 3. The summed E-state index contributed by atoms with van der Waals surface area (Å²) in [5, 5.41) is 11.3. The maximum Gasteiger partial charge on any atom is 0.159 e. The molecule has 1 aromatic carbocycles. The molecule has 2 aromatic heterocycles. The van der Waals surface area contributed by atoms with Crippen molar-refractivity contribution in [3.8, 4) is 11.5 Å². The standard InChI is InChI=1S/C26H30F2N6O/c1-14-6-21-20(10-24(14)35-15(2)16-7-17(27)9-18(28)8-16)25(33-32-21)26-30-22-12-34(13-23(22)31-26)11-19-4-3-5-29-19/h7-10,14-15,19,29H,3-6,11-13H2,1-2H3,(H,30,31)(H,32,33). The summed E-state index contributed by atoms with van der Waals surface area (Å²) in [6.07, 6.45) is 4.73. The lowest BCUT2D eigenvalue weighted by Crippen LogP contribution is -2.34. The zero-order valence-corrected chi connectivity index (χ0v) is 20.0. The molecule has 4 heterocycles. The molecule has 0 amide bonds. The maximum absolute atomic E-state index is 13.7. The smallest absolute Gasteiger partial charge is 0.159 e. The van der Waals surface area contributed by atoms with Crippen molar-refractivity contribution in [2.45, 2.75) is 58.3 Å². The quantitative estimate of drug-likeness (QED) is 0.486. The van der Waals surface area contributed by atoms with Crippen molar-refractivity contribution >= 4 is 6.08 Å². The third-order valence-electron chi connectivity index (χ3n) is 7.32. The molecule has 3 atom stereocenters. The Hall–Kier alpha value is -3.04. The van der Waals surface area contributed by atoms with Crippen LogP contribution in [0.2, 0.25) is 0 Å². The summed E-state index contributed by atoms with van der Waals surface area (Å²) in [6.45, 7) is 7.76. The van der Waals surface area contributed by atoms with E-state index in [9.17, 15) is 8.78 Å². The zero-order valence-electron chi connectivity index (χ0n) is 20.0. The summed E-state index contributed by atoms with van der Waals surface area (Å²) in [7, 11) is 0. The third-order valence-corrected chi connectivity index (χ3v) is 7.32. The molecule has 3 aliphatic rings. The average molecular weight is 481 g/mol. The molecule has 1 fully saturated rings. The number of fused-ring (bicyclic) bond motifs is 2. The van der Waals surface area contributed by atoms with E-state index in [-0.39, 0.29) is 5.92 Å². The number of benzene rings is 1. The summed E-state index contributed by atoms with van der Waals surface area (Å²) in [6, 6.07) is 4.07. The van der Waals surface area contributed by atoms with Gasteiger partial charge in [0, 0.05) is 48.9 Å². The number of imidazole rings is 1. The van der Waals surface area contributed by atoms with Crippen molar-refractivity contribution in [1.82, 2.24) is 30.4 Å². The number of nitrogens with zero attached hydrogens (tertiary/aromatic N) is 3. The minimum Gasteiger partial charge on any atom is -0.490 e. The maximum atomic E-state index is 13.7. The normalized spacial score (nSPS) is 22.7. The van der Waals surface area contributed by atoms with E-state index in [2.05, 4.69) is 32.3 Å². The van der Waals surface area contributed by atoms with Crippen molar-refractivity contribution in [3.63, 3.8) is 0 Å². The second kappa shape index (κ2) is 8.87. The molecule has 0 bridgehead atoms. The lowest BCUT2D eigenvalue weighted by molar-refractivity contribution is 0.111. The highest BCUT2D eigenvalue weighted by atomic mass is 19.1. The van der Waals surface area contributed by atoms with E-state index in [0.717, 1.165) is 78.6 Å². The van der Waals surface area contributed by atoms with Gasteiger partial charge in [0.25, 0.3) is 0 Å². The number of rotatable bonds is 6. The Morgan fingerprint density at radius 3 is 2.74 bits per heavy atom. The van der Waals surface area contributed by atoms with Crippen LogP contribution in [0.25, 0.3) is 17.6 Å². The van der Waals surface area contributed by atoms with Crippen molar-refractivity contribution in [3.05, 3.63) is 63.8 Å². The van der Waals surface area contributed by atoms with Gasteiger partial charge in [-0.25, -0.2) is 13.8 Å². The number of H-pyrrole nitrogens is 2. The lowest BCUT2D eigenvalue weighted by atomic mass is 9.92. The first kappa shape index (κ1) is 22.4. The van der Waals surface area contributed by atoms with E-state index in [1.54, 1.807) is 6.92 Å². The van der Waals surface area contributed by atoms with E-state index in [1.165, 1.54) is 25.0 Å². The van der Waals surface area contributed by atoms with Crippen molar-refractivity contribution < 1.29 is 13.5 Å². The van der Waals surface area contributed by atoms with Crippen molar-refractivity contribution in [2.24, 2.45) is 5.92 Å². The molecule has 184 valence electrons. The van der Waals surface area contributed by atoms with Gasteiger partial charge in [-0.15, -0.1) is 0 Å². The second-order valence-corrected chi connectivity index (χ2v) is 10.1. The number of hydrogen-bond acceptors (Lipinski definition) is 5. The lowest BCUT2D eigenvalue weighted by Gasteiger charge is -2.25. The molecular formula is C26H30F2N6O.